The van der Waals surface area contributed by atoms with Crippen LogP contribution in [0.2, 0.25) is 0 Å². The molecule has 0 aromatic carbocycles. The lowest BCUT2D eigenvalue weighted by molar-refractivity contribution is 0.301. The molecule has 0 saturated heterocycles. The molecule has 0 amide bonds. The molecular formula is C7H9ClO. The Morgan fingerprint density at radius 2 is 2.11 bits per heavy atom. The van der Waals surface area contributed by atoms with E-state index in [1.807, 2.05) is 12.2 Å². The lowest BCUT2D eigenvalue weighted by Crippen LogP contribution is -1.91. The van der Waals surface area contributed by atoms with E-state index in [0.717, 1.165) is 23.6 Å². The minimum absolute atomic E-state index is 0.740. The van der Waals surface area contributed by atoms with Crippen molar-refractivity contribution in [3.63, 3.8) is 0 Å². The van der Waals surface area contributed by atoms with E-state index in [1.54, 1.807) is 7.11 Å². The summed E-state index contributed by atoms with van der Waals surface area (Å²) in [4.78, 5) is 0. The second-order valence-electron chi connectivity index (χ2n) is 1.90. The smallest absolute Gasteiger partial charge is 0.133 e. The van der Waals surface area contributed by atoms with E-state index in [1.165, 1.54) is 0 Å². The maximum absolute atomic E-state index is 5.75. The van der Waals surface area contributed by atoms with Crippen LogP contribution in [0.25, 0.3) is 0 Å². The van der Waals surface area contributed by atoms with Gasteiger partial charge < -0.3 is 4.74 Å². The molecule has 1 aliphatic carbocycles. The zero-order valence-electron chi connectivity index (χ0n) is 5.36. The zero-order valence-corrected chi connectivity index (χ0v) is 6.11. The van der Waals surface area contributed by atoms with Gasteiger partial charge in [0.15, 0.2) is 0 Å². The Bertz CT molecular complexity index is 158. The molecule has 1 rings (SSSR count). The van der Waals surface area contributed by atoms with Crippen LogP contribution in [-0.4, -0.2) is 7.11 Å². The predicted molar refractivity (Wildman–Crippen MR) is 38.3 cm³/mol. The highest BCUT2D eigenvalue weighted by molar-refractivity contribution is 6.31. The van der Waals surface area contributed by atoms with Gasteiger partial charge in [-0.15, -0.1) is 0 Å². The molecule has 9 heavy (non-hydrogen) atoms. The fraction of sp³-hybridized carbons (Fsp3) is 0.429. The molecule has 0 saturated carbocycles. The number of hydrogen-bond donors (Lipinski definition) is 0. The lowest BCUT2D eigenvalue weighted by atomic mass is 10.2. The first kappa shape index (κ1) is 6.69. The Morgan fingerprint density at radius 3 is 2.56 bits per heavy atom. The van der Waals surface area contributed by atoms with Crippen LogP contribution in [0.3, 0.4) is 0 Å². The van der Waals surface area contributed by atoms with Gasteiger partial charge in [0, 0.05) is 0 Å². The Labute approximate surface area is 60.0 Å². The molecule has 0 heterocycles. The summed E-state index contributed by atoms with van der Waals surface area (Å²) in [6.45, 7) is 0. The van der Waals surface area contributed by atoms with Crippen molar-refractivity contribution in [2.45, 2.75) is 12.8 Å². The van der Waals surface area contributed by atoms with Crippen LogP contribution in [0.4, 0.5) is 0 Å². The third-order valence-corrected chi connectivity index (χ3v) is 1.62. The Kier molecular flexibility index (Phi) is 2.17. The highest BCUT2D eigenvalue weighted by Gasteiger charge is 2.04. The van der Waals surface area contributed by atoms with E-state index in [9.17, 15) is 0 Å². The first-order chi connectivity index (χ1) is 4.34. The summed E-state index contributed by atoms with van der Waals surface area (Å²) < 4.78 is 4.96. The molecular weight excluding hydrogens is 136 g/mol. The van der Waals surface area contributed by atoms with E-state index in [4.69, 9.17) is 16.3 Å². The SMILES string of the molecule is COC1=CCCC=C1Cl. The molecule has 0 fully saturated rings. The number of allylic oxidation sites excluding steroid dienone is 3. The van der Waals surface area contributed by atoms with Crippen LogP contribution >= 0.6 is 11.6 Å². The van der Waals surface area contributed by atoms with Crippen LogP contribution in [-0.2, 0) is 4.74 Å². The van der Waals surface area contributed by atoms with E-state index in [2.05, 4.69) is 0 Å². The minimum atomic E-state index is 0.740. The quantitative estimate of drug-likeness (QED) is 0.549. The number of rotatable bonds is 1. The number of methoxy groups -OCH3 is 1. The summed E-state index contributed by atoms with van der Waals surface area (Å²) >= 11 is 5.75. The van der Waals surface area contributed by atoms with Crippen molar-refractivity contribution in [3.8, 4) is 0 Å². The van der Waals surface area contributed by atoms with Gasteiger partial charge in [0.2, 0.25) is 0 Å². The summed E-state index contributed by atoms with van der Waals surface area (Å²) in [5.41, 5.74) is 0. The molecule has 0 spiro atoms. The van der Waals surface area contributed by atoms with E-state index < -0.39 is 0 Å². The summed E-state index contributed by atoms with van der Waals surface area (Å²) in [5.74, 6) is 0.808. The van der Waals surface area contributed by atoms with E-state index in [-0.39, 0.29) is 0 Å². The van der Waals surface area contributed by atoms with Gasteiger partial charge in [-0.3, -0.25) is 0 Å². The molecule has 0 aromatic rings. The number of halogens is 1. The predicted octanol–water partition coefficient (Wildman–Crippen LogP) is 2.43. The summed E-state index contributed by atoms with van der Waals surface area (Å²) in [6.07, 6.45) is 6.05. The molecule has 0 N–H and O–H groups in total. The van der Waals surface area contributed by atoms with Gasteiger partial charge in [-0.2, -0.15) is 0 Å². The first-order valence-corrected chi connectivity index (χ1v) is 3.32. The van der Waals surface area contributed by atoms with E-state index in [0.29, 0.717) is 0 Å². The van der Waals surface area contributed by atoms with Crippen LogP contribution in [0.1, 0.15) is 12.8 Å². The standard InChI is InChI=1S/C7H9ClO/c1-9-7-5-3-2-4-6(7)8/h4-5H,2-3H2,1H3. The second kappa shape index (κ2) is 2.92. The monoisotopic (exact) mass is 144 g/mol. The van der Waals surface area contributed by atoms with Crippen molar-refractivity contribution >= 4 is 11.6 Å². The minimum Gasteiger partial charge on any atom is -0.496 e. The van der Waals surface area contributed by atoms with Gasteiger partial charge in [0.25, 0.3) is 0 Å². The molecule has 50 valence electrons. The topological polar surface area (TPSA) is 9.23 Å². The molecule has 0 atom stereocenters. The fourth-order valence-electron chi connectivity index (χ4n) is 0.803. The molecule has 1 aliphatic rings. The van der Waals surface area contributed by atoms with Crippen molar-refractivity contribution in [2.24, 2.45) is 0 Å². The molecule has 0 aliphatic heterocycles. The van der Waals surface area contributed by atoms with Crippen molar-refractivity contribution < 1.29 is 4.74 Å². The van der Waals surface area contributed by atoms with Crippen molar-refractivity contribution in [2.75, 3.05) is 7.11 Å². The summed E-state index contributed by atoms with van der Waals surface area (Å²) in [5, 5.41) is 0.740. The van der Waals surface area contributed by atoms with Crippen LogP contribution in [0, 0.1) is 0 Å². The average molecular weight is 145 g/mol. The highest BCUT2D eigenvalue weighted by atomic mass is 35.5. The van der Waals surface area contributed by atoms with Gasteiger partial charge >= 0.3 is 0 Å². The maximum atomic E-state index is 5.75. The molecule has 0 radical (unpaired) electrons. The van der Waals surface area contributed by atoms with Gasteiger partial charge in [-0.1, -0.05) is 17.7 Å². The lowest BCUT2D eigenvalue weighted by Gasteiger charge is -2.07. The molecule has 1 nitrogen and oxygen atoms in total. The zero-order chi connectivity index (χ0) is 6.69. The van der Waals surface area contributed by atoms with Crippen LogP contribution < -0.4 is 0 Å². The molecule has 0 bridgehead atoms. The highest BCUT2D eigenvalue weighted by Crippen LogP contribution is 2.21. The fourth-order valence-corrected chi connectivity index (χ4v) is 1.07. The maximum Gasteiger partial charge on any atom is 0.133 e. The number of hydrogen-bond acceptors (Lipinski definition) is 1. The molecule has 0 unspecified atom stereocenters. The largest absolute Gasteiger partial charge is 0.496 e. The van der Waals surface area contributed by atoms with Crippen LogP contribution in [0.15, 0.2) is 22.9 Å². The molecule has 0 aromatic heterocycles. The Hall–Kier alpha value is -0.430. The van der Waals surface area contributed by atoms with Crippen molar-refractivity contribution in [3.05, 3.63) is 22.9 Å². The number of ether oxygens (including phenoxy) is 1. The average Bonchev–Trinajstić information content (AvgIpc) is 1.89. The van der Waals surface area contributed by atoms with Gasteiger partial charge in [-0.25, -0.2) is 0 Å². The Morgan fingerprint density at radius 1 is 1.44 bits per heavy atom. The van der Waals surface area contributed by atoms with Gasteiger partial charge in [-0.05, 0) is 18.9 Å². The third kappa shape index (κ3) is 1.49. The Balaban J connectivity index is 2.68. The van der Waals surface area contributed by atoms with Crippen LogP contribution in [0.5, 0.6) is 0 Å². The first-order valence-electron chi connectivity index (χ1n) is 2.95. The third-order valence-electron chi connectivity index (χ3n) is 1.28. The van der Waals surface area contributed by atoms with Crippen molar-refractivity contribution in [1.29, 1.82) is 0 Å². The van der Waals surface area contributed by atoms with E-state index >= 15 is 0 Å². The van der Waals surface area contributed by atoms with Gasteiger partial charge in [0.05, 0.1) is 12.1 Å². The normalized spacial score (nSPS) is 18.4. The van der Waals surface area contributed by atoms with Gasteiger partial charge in [0.1, 0.15) is 5.76 Å². The summed E-state index contributed by atoms with van der Waals surface area (Å²) in [6, 6.07) is 0. The van der Waals surface area contributed by atoms with Crippen molar-refractivity contribution in [1.82, 2.24) is 0 Å². The summed E-state index contributed by atoms with van der Waals surface area (Å²) in [7, 11) is 1.63. The molecule has 2 heteroatoms. The second-order valence-corrected chi connectivity index (χ2v) is 2.31.